The highest BCUT2D eigenvalue weighted by Crippen LogP contribution is 2.22. The SMILES string of the molecule is COc1ccc(C(=O)NC(=S)Nc2ccc(S(=O)(=O)Nc3cc(C)cc(C)c3)cc2)cc1I. The Bertz CT molecular complexity index is 1290. The largest absolute Gasteiger partial charge is 0.496 e. The molecule has 3 aromatic rings. The number of nitrogens with one attached hydrogen (secondary N) is 3. The van der Waals surface area contributed by atoms with Gasteiger partial charge in [0.15, 0.2) is 5.11 Å². The van der Waals surface area contributed by atoms with Crippen molar-refractivity contribution in [3.8, 4) is 5.75 Å². The average Bonchev–Trinajstić information content (AvgIpc) is 2.72. The van der Waals surface area contributed by atoms with Crippen molar-refractivity contribution in [1.29, 1.82) is 0 Å². The normalized spacial score (nSPS) is 10.9. The lowest BCUT2D eigenvalue weighted by molar-refractivity contribution is 0.0977. The van der Waals surface area contributed by atoms with E-state index in [4.69, 9.17) is 17.0 Å². The number of carbonyl (C=O) groups excluding carboxylic acids is 1. The summed E-state index contributed by atoms with van der Waals surface area (Å²) in [5.74, 6) is 0.305. The number of methoxy groups -OCH3 is 1. The van der Waals surface area contributed by atoms with Crippen molar-refractivity contribution in [2.24, 2.45) is 0 Å². The quantitative estimate of drug-likeness (QED) is 0.279. The lowest BCUT2D eigenvalue weighted by atomic mass is 10.1. The molecule has 0 aliphatic heterocycles. The molecule has 0 spiro atoms. The maximum atomic E-state index is 12.7. The van der Waals surface area contributed by atoms with Crippen LogP contribution in [0.4, 0.5) is 11.4 Å². The highest BCUT2D eigenvalue weighted by Gasteiger charge is 2.15. The van der Waals surface area contributed by atoms with Crippen LogP contribution in [0.2, 0.25) is 0 Å². The number of thiocarbonyl (C=S) groups is 1. The molecule has 0 unspecified atom stereocenters. The van der Waals surface area contributed by atoms with Crippen molar-refractivity contribution < 1.29 is 17.9 Å². The van der Waals surface area contributed by atoms with Gasteiger partial charge in [0.25, 0.3) is 15.9 Å². The third-order valence-corrected chi connectivity index (χ3v) is 6.98. The van der Waals surface area contributed by atoms with Crippen LogP contribution in [0.1, 0.15) is 21.5 Å². The van der Waals surface area contributed by atoms with Crippen LogP contribution in [0.5, 0.6) is 5.75 Å². The number of anilines is 2. The van der Waals surface area contributed by atoms with Gasteiger partial charge in [-0.2, -0.15) is 0 Å². The van der Waals surface area contributed by atoms with Gasteiger partial charge < -0.3 is 10.1 Å². The third kappa shape index (κ3) is 6.65. The standard InChI is InChI=1S/C23H22IN3O4S2/c1-14-10-15(2)12-18(11-14)27-33(29,30)19-7-5-17(6-8-19)25-23(32)26-22(28)16-4-9-21(31-3)20(24)13-16/h4-13,27H,1-3H3,(H2,25,26,28,32). The van der Waals surface area contributed by atoms with E-state index >= 15 is 0 Å². The number of amides is 1. The zero-order valence-electron chi connectivity index (χ0n) is 18.1. The van der Waals surface area contributed by atoms with Crippen LogP contribution in [0.25, 0.3) is 0 Å². The lowest BCUT2D eigenvalue weighted by Gasteiger charge is -2.12. The molecule has 1 amide bonds. The Morgan fingerprint density at radius 3 is 2.15 bits per heavy atom. The molecule has 0 heterocycles. The predicted octanol–water partition coefficient (Wildman–Crippen LogP) is 4.84. The Labute approximate surface area is 212 Å². The first-order chi connectivity index (χ1) is 15.6. The minimum atomic E-state index is -3.75. The summed E-state index contributed by atoms with van der Waals surface area (Å²) in [7, 11) is -2.19. The summed E-state index contributed by atoms with van der Waals surface area (Å²) < 4.78 is 34.0. The van der Waals surface area contributed by atoms with E-state index in [1.165, 1.54) is 12.1 Å². The van der Waals surface area contributed by atoms with Crippen molar-refractivity contribution in [2.75, 3.05) is 17.1 Å². The van der Waals surface area contributed by atoms with E-state index in [0.717, 1.165) is 14.7 Å². The first-order valence-corrected chi connectivity index (χ1v) is 12.7. The first kappa shape index (κ1) is 24.9. The molecule has 3 aromatic carbocycles. The highest BCUT2D eigenvalue weighted by molar-refractivity contribution is 14.1. The van der Waals surface area contributed by atoms with Gasteiger partial charge in [0.1, 0.15) is 5.75 Å². The molecule has 0 saturated heterocycles. The highest BCUT2D eigenvalue weighted by atomic mass is 127. The Balaban J connectivity index is 1.64. The van der Waals surface area contributed by atoms with Gasteiger partial charge in [-0.25, -0.2) is 8.42 Å². The zero-order chi connectivity index (χ0) is 24.2. The summed E-state index contributed by atoms with van der Waals surface area (Å²) in [6.07, 6.45) is 0. The second-order valence-corrected chi connectivity index (χ2v) is 10.5. The van der Waals surface area contributed by atoms with Gasteiger partial charge in [-0.15, -0.1) is 0 Å². The summed E-state index contributed by atoms with van der Waals surface area (Å²) in [6, 6.07) is 16.6. The number of rotatable bonds is 6. The van der Waals surface area contributed by atoms with E-state index in [1.54, 1.807) is 49.6 Å². The van der Waals surface area contributed by atoms with E-state index in [-0.39, 0.29) is 15.9 Å². The Morgan fingerprint density at radius 1 is 0.939 bits per heavy atom. The minimum absolute atomic E-state index is 0.0924. The van der Waals surface area contributed by atoms with Gasteiger partial charge in [0, 0.05) is 16.9 Å². The summed E-state index contributed by atoms with van der Waals surface area (Å²) in [5, 5.41) is 5.58. The van der Waals surface area contributed by atoms with Crippen molar-refractivity contribution in [3.05, 3.63) is 80.9 Å². The molecule has 0 aliphatic rings. The van der Waals surface area contributed by atoms with E-state index in [0.29, 0.717) is 22.7 Å². The third-order valence-electron chi connectivity index (χ3n) is 4.54. The number of hydrogen-bond acceptors (Lipinski definition) is 5. The van der Waals surface area contributed by atoms with Crippen LogP contribution in [-0.2, 0) is 10.0 Å². The Morgan fingerprint density at radius 2 is 1.58 bits per heavy atom. The molecule has 0 saturated carbocycles. The molecule has 10 heteroatoms. The van der Waals surface area contributed by atoms with Gasteiger partial charge in [-0.05, 0) is 114 Å². The van der Waals surface area contributed by atoms with Crippen molar-refractivity contribution in [3.63, 3.8) is 0 Å². The Hall–Kier alpha value is -2.70. The fourth-order valence-electron chi connectivity index (χ4n) is 3.11. The van der Waals surface area contributed by atoms with Crippen molar-refractivity contribution >= 4 is 67.2 Å². The number of aryl methyl sites for hydroxylation is 2. The van der Waals surface area contributed by atoms with Crippen LogP contribution < -0.4 is 20.1 Å². The molecule has 3 N–H and O–H groups in total. The molecular weight excluding hydrogens is 573 g/mol. The Kier molecular flexibility index (Phi) is 7.92. The molecule has 0 aliphatic carbocycles. The molecule has 0 bridgehead atoms. The average molecular weight is 595 g/mol. The maximum absolute atomic E-state index is 12.7. The van der Waals surface area contributed by atoms with Crippen LogP contribution >= 0.6 is 34.8 Å². The molecule has 7 nitrogen and oxygen atoms in total. The minimum Gasteiger partial charge on any atom is -0.496 e. The van der Waals surface area contributed by atoms with Crippen LogP contribution in [-0.4, -0.2) is 26.5 Å². The van der Waals surface area contributed by atoms with Gasteiger partial charge in [-0.1, -0.05) is 6.07 Å². The molecule has 0 aromatic heterocycles. The summed E-state index contributed by atoms with van der Waals surface area (Å²) in [6.45, 7) is 3.81. The number of sulfonamides is 1. The second-order valence-electron chi connectivity index (χ2n) is 7.26. The van der Waals surface area contributed by atoms with E-state index in [2.05, 4.69) is 37.9 Å². The van der Waals surface area contributed by atoms with Gasteiger partial charge in [0.05, 0.1) is 15.6 Å². The topological polar surface area (TPSA) is 96.5 Å². The van der Waals surface area contributed by atoms with Crippen molar-refractivity contribution in [1.82, 2.24) is 5.32 Å². The molecular formula is C23H22IN3O4S2. The van der Waals surface area contributed by atoms with Gasteiger partial charge >= 0.3 is 0 Å². The van der Waals surface area contributed by atoms with E-state index in [9.17, 15) is 13.2 Å². The number of benzene rings is 3. The van der Waals surface area contributed by atoms with Crippen LogP contribution in [0, 0.1) is 17.4 Å². The molecule has 3 rings (SSSR count). The summed E-state index contributed by atoms with van der Waals surface area (Å²) >= 11 is 7.29. The lowest BCUT2D eigenvalue weighted by Crippen LogP contribution is -2.34. The molecule has 0 fully saturated rings. The number of carbonyl (C=O) groups is 1. The fraction of sp³-hybridized carbons (Fsp3) is 0.130. The monoisotopic (exact) mass is 595 g/mol. The summed E-state index contributed by atoms with van der Waals surface area (Å²) in [4.78, 5) is 12.5. The maximum Gasteiger partial charge on any atom is 0.261 e. The van der Waals surface area contributed by atoms with Gasteiger partial charge in [0.2, 0.25) is 0 Å². The predicted molar refractivity (Wildman–Crippen MR) is 143 cm³/mol. The van der Waals surface area contributed by atoms with Gasteiger partial charge in [-0.3, -0.25) is 14.8 Å². The molecule has 0 atom stereocenters. The van der Waals surface area contributed by atoms with E-state index in [1.807, 2.05) is 19.9 Å². The smallest absolute Gasteiger partial charge is 0.261 e. The first-order valence-electron chi connectivity index (χ1n) is 9.74. The number of hydrogen-bond donors (Lipinski definition) is 3. The number of ether oxygens (including phenoxy) is 1. The molecule has 172 valence electrons. The van der Waals surface area contributed by atoms with Crippen LogP contribution in [0.3, 0.4) is 0 Å². The second kappa shape index (κ2) is 10.5. The molecule has 0 radical (unpaired) electrons. The zero-order valence-corrected chi connectivity index (χ0v) is 21.9. The molecule has 33 heavy (non-hydrogen) atoms. The summed E-state index contributed by atoms with van der Waals surface area (Å²) in [5.41, 5.74) is 3.41. The van der Waals surface area contributed by atoms with E-state index < -0.39 is 10.0 Å². The fourth-order valence-corrected chi connectivity index (χ4v) is 5.10. The van der Waals surface area contributed by atoms with Crippen molar-refractivity contribution in [2.45, 2.75) is 18.7 Å². The van der Waals surface area contributed by atoms with Crippen LogP contribution in [0.15, 0.2) is 65.6 Å². The number of halogens is 1.